The molecule has 0 radical (unpaired) electrons. The Balaban J connectivity index is 1.91. The summed E-state index contributed by atoms with van der Waals surface area (Å²) in [5, 5.41) is 9.19. The van der Waals surface area contributed by atoms with E-state index in [4.69, 9.17) is 4.74 Å². The zero-order valence-electron chi connectivity index (χ0n) is 17.3. The SMILES string of the molecule is COc1cc2c(c(C3=CCC(C)(C)CC3)c1)I=CC(C(=O)CC[C@H](C)CO)=C2. The summed E-state index contributed by atoms with van der Waals surface area (Å²) in [5.74, 6) is 1.22. The molecule has 3 nitrogen and oxygen atoms in total. The fraction of sp³-hybridized carbons (Fsp3) is 0.500. The molecule has 1 aliphatic carbocycles. The van der Waals surface area contributed by atoms with Crippen molar-refractivity contribution in [3.05, 3.63) is 38.5 Å². The van der Waals surface area contributed by atoms with Crippen LogP contribution >= 0.6 is 20.7 Å². The molecular weight excluding hydrogens is 463 g/mol. The van der Waals surface area contributed by atoms with Gasteiger partial charge in [-0.05, 0) is 75.9 Å². The fourth-order valence-corrected chi connectivity index (χ4v) is 6.27. The van der Waals surface area contributed by atoms with E-state index >= 15 is 0 Å². The van der Waals surface area contributed by atoms with Crippen molar-refractivity contribution in [3.63, 3.8) is 0 Å². The van der Waals surface area contributed by atoms with E-state index in [0.29, 0.717) is 11.8 Å². The average molecular weight is 494 g/mol. The summed E-state index contributed by atoms with van der Waals surface area (Å²) in [6.45, 7) is 6.78. The Bertz CT molecular complexity index is 846. The summed E-state index contributed by atoms with van der Waals surface area (Å²) in [6.07, 6.45) is 9.10. The number of methoxy groups -OCH3 is 1. The molecule has 1 aromatic carbocycles. The molecule has 2 aliphatic rings. The topological polar surface area (TPSA) is 46.5 Å². The van der Waals surface area contributed by atoms with Crippen LogP contribution in [0.5, 0.6) is 5.75 Å². The summed E-state index contributed by atoms with van der Waals surface area (Å²) in [4.78, 5) is 12.6. The van der Waals surface area contributed by atoms with Crippen LogP contribution in [0.2, 0.25) is 0 Å². The van der Waals surface area contributed by atoms with E-state index in [2.05, 4.69) is 36.1 Å². The number of fused-ring (bicyclic) bond motifs is 1. The smallest absolute Gasteiger partial charge is 0.163 e. The van der Waals surface area contributed by atoms with Crippen molar-refractivity contribution < 1.29 is 14.6 Å². The second-order valence-electron chi connectivity index (χ2n) is 8.74. The molecule has 0 aromatic heterocycles. The number of aliphatic hydroxyl groups excluding tert-OH is 1. The van der Waals surface area contributed by atoms with E-state index in [9.17, 15) is 9.90 Å². The van der Waals surface area contributed by atoms with Gasteiger partial charge >= 0.3 is 0 Å². The number of halogens is 1. The minimum Gasteiger partial charge on any atom is -0.497 e. The number of hydrogen-bond acceptors (Lipinski definition) is 3. The summed E-state index contributed by atoms with van der Waals surface area (Å²) in [6, 6.07) is 4.25. The molecule has 1 atom stereocenters. The van der Waals surface area contributed by atoms with Gasteiger partial charge in [0.1, 0.15) is 5.75 Å². The second kappa shape index (κ2) is 9.04. The van der Waals surface area contributed by atoms with Crippen LogP contribution in [0, 0.1) is 14.9 Å². The van der Waals surface area contributed by atoms with E-state index in [1.807, 2.05) is 13.0 Å². The zero-order valence-corrected chi connectivity index (χ0v) is 19.5. The first-order valence-corrected chi connectivity index (χ1v) is 12.4. The number of hydrogen-bond donors (Lipinski definition) is 1. The van der Waals surface area contributed by atoms with Gasteiger partial charge in [0.05, 0.1) is 7.11 Å². The number of ether oxygens (including phenoxy) is 1. The van der Waals surface area contributed by atoms with Crippen molar-refractivity contribution in [2.75, 3.05) is 13.7 Å². The number of carbonyl (C=O) groups excluding carboxylic acids is 1. The van der Waals surface area contributed by atoms with Gasteiger partial charge in [0.25, 0.3) is 0 Å². The van der Waals surface area contributed by atoms with Gasteiger partial charge in [-0.1, -0.05) is 47.6 Å². The molecule has 0 unspecified atom stereocenters. The molecule has 1 aliphatic heterocycles. The maximum atomic E-state index is 12.6. The Kier molecular flexibility index (Phi) is 6.92. The van der Waals surface area contributed by atoms with Crippen LogP contribution in [0.15, 0.2) is 23.8 Å². The highest BCUT2D eigenvalue weighted by Crippen LogP contribution is 2.42. The zero-order chi connectivity index (χ0) is 20.3. The number of rotatable bonds is 7. The number of allylic oxidation sites excluding steroid dienone is 3. The van der Waals surface area contributed by atoms with E-state index in [1.54, 1.807) is 7.11 Å². The summed E-state index contributed by atoms with van der Waals surface area (Å²) in [7, 11) is 1.71. The lowest BCUT2D eigenvalue weighted by atomic mass is 9.77. The standard InChI is InChI=1S/C24H31IO3/c1-16(15-26)5-6-22(27)19-11-18-12-20(28-4)13-21(23(18)25-14-19)17-7-9-24(2,3)10-8-17/h7,11-14,16,26H,5-6,8-10,15H2,1-4H3/t16-/m0/s1. The van der Waals surface area contributed by atoms with Gasteiger partial charge in [-0.2, -0.15) is 0 Å². The lowest BCUT2D eigenvalue weighted by molar-refractivity contribution is -0.115. The van der Waals surface area contributed by atoms with Crippen LogP contribution in [0.3, 0.4) is 0 Å². The van der Waals surface area contributed by atoms with Gasteiger partial charge in [0, 0.05) is 22.2 Å². The van der Waals surface area contributed by atoms with Crippen molar-refractivity contribution in [1.82, 2.24) is 0 Å². The molecular formula is C24H31IO3. The molecule has 0 saturated heterocycles. The molecule has 0 bridgehead atoms. The summed E-state index contributed by atoms with van der Waals surface area (Å²) >= 11 is -0.361. The molecule has 1 N–H and O–H groups in total. The third kappa shape index (κ3) is 5.01. The van der Waals surface area contributed by atoms with E-state index < -0.39 is 0 Å². The highest BCUT2D eigenvalue weighted by Gasteiger charge is 2.24. The van der Waals surface area contributed by atoms with Gasteiger partial charge in [0.2, 0.25) is 0 Å². The van der Waals surface area contributed by atoms with Crippen LogP contribution in [-0.4, -0.2) is 28.6 Å². The third-order valence-electron chi connectivity index (χ3n) is 5.72. The molecule has 1 heterocycles. The van der Waals surface area contributed by atoms with E-state index in [1.165, 1.54) is 21.1 Å². The molecule has 1 aromatic rings. The van der Waals surface area contributed by atoms with Crippen molar-refractivity contribution in [3.8, 4) is 5.75 Å². The molecule has 0 amide bonds. The van der Waals surface area contributed by atoms with Crippen molar-refractivity contribution in [2.45, 2.75) is 52.9 Å². The number of Topliss-reactive ketones (excluding diaryl/α,β-unsaturated/α-hetero) is 1. The molecule has 4 heteroatoms. The Morgan fingerprint density at radius 3 is 2.79 bits per heavy atom. The van der Waals surface area contributed by atoms with Crippen molar-refractivity contribution in [1.29, 1.82) is 0 Å². The van der Waals surface area contributed by atoms with Gasteiger partial charge in [-0.15, -0.1) is 0 Å². The molecule has 28 heavy (non-hydrogen) atoms. The van der Waals surface area contributed by atoms with Crippen molar-refractivity contribution in [2.24, 2.45) is 11.3 Å². The highest BCUT2D eigenvalue weighted by molar-refractivity contribution is 14.2. The van der Waals surface area contributed by atoms with Crippen LogP contribution in [0.4, 0.5) is 0 Å². The van der Waals surface area contributed by atoms with Crippen LogP contribution in [0.1, 0.15) is 64.0 Å². The minimum atomic E-state index is -0.361. The number of carbonyl (C=O) groups is 1. The van der Waals surface area contributed by atoms with Gasteiger partial charge in [-0.25, -0.2) is 0 Å². The normalized spacial score (nSPS) is 19.0. The number of ketones is 1. The first-order chi connectivity index (χ1) is 13.3. The van der Waals surface area contributed by atoms with E-state index in [0.717, 1.165) is 36.1 Å². The lowest BCUT2D eigenvalue weighted by Gasteiger charge is -2.29. The quantitative estimate of drug-likeness (QED) is 0.502. The monoisotopic (exact) mass is 494 g/mol. The van der Waals surface area contributed by atoms with E-state index in [-0.39, 0.29) is 39.0 Å². The number of aliphatic hydroxyl groups is 1. The van der Waals surface area contributed by atoms with Crippen molar-refractivity contribution >= 4 is 42.2 Å². The van der Waals surface area contributed by atoms with Crippen LogP contribution in [-0.2, 0) is 4.79 Å². The molecule has 0 spiro atoms. The van der Waals surface area contributed by atoms with Gasteiger partial charge in [-0.3, -0.25) is 4.79 Å². The molecule has 3 rings (SSSR count). The Labute approximate surface area is 178 Å². The molecule has 152 valence electrons. The molecule has 0 fully saturated rings. The maximum Gasteiger partial charge on any atom is 0.163 e. The van der Waals surface area contributed by atoms with Crippen LogP contribution in [0.25, 0.3) is 11.6 Å². The van der Waals surface area contributed by atoms with Gasteiger partial charge < -0.3 is 9.84 Å². The second-order valence-corrected chi connectivity index (χ2v) is 11.1. The third-order valence-corrected chi connectivity index (χ3v) is 8.53. The summed E-state index contributed by atoms with van der Waals surface area (Å²) in [5.41, 5.74) is 5.12. The Morgan fingerprint density at radius 2 is 2.14 bits per heavy atom. The predicted molar refractivity (Wildman–Crippen MR) is 126 cm³/mol. The lowest BCUT2D eigenvalue weighted by Crippen LogP contribution is -2.15. The highest BCUT2D eigenvalue weighted by atomic mass is 127. The first kappa shape index (κ1) is 21.4. The Hall–Kier alpha value is -1.27. The largest absolute Gasteiger partial charge is 0.497 e. The average Bonchev–Trinajstić information content (AvgIpc) is 2.70. The molecule has 0 saturated carbocycles. The number of benzene rings is 1. The van der Waals surface area contributed by atoms with Crippen LogP contribution < -0.4 is 4.74 Å². The Morgan fingerprint density at radius 1 is 1.36 bits per heavy atom. The fourth-order valence-electron chi connectivity index (χ4n) is 3.59. The predicted octanol–water partition coefficient (Wildman–Crippen LogP) is 5.61. The summed E-state index contributed by atoms with van der Waals surface area (Å²) < 4.78 is 9.16. The minimum absolute atomic E-state index is 0.137. The maximum absolute atomic E-state index is 12.6. The van der Waals surface area contributed by atoms with Gasteiger partial charge in [0.15, 0.2) is 5.78 Å². The first-order valence-electron chi connectivity index (χ1n) is 10.1.